The fourth-order valence-electron chi connectivity index (χ4n) is 2.21. The van der Waals surface area contributed by atoms with Crippen LogP contribution in [0.5, 0.6) is 5.75 Å². The van der Waals surface area contributed by atoms with E-state index in [2.05, 4.69) is 20.4 Å². The third kappa shape index (κ3) is 5.53. The number of carbonyl (C=O) groups is 3. The molecule has 0 aliphatic heterocycles. The molecule has 0 aliphatic carbocycles. The molecular weight excluding hydrogens is 350 g/mol. The van der Waals surface area contributed by atoms with E-state index in [1.54, 1.807) is 19.2 Å². The average Bonchev–Trinajstić information content (AvgIpc) is 2.71. The van der Waals surface area contributed by atoms with E-state index in [0.717, 1.165) is 5.56 Å². The molecule has 0 saturated carbocycles. The lowest BCUT2D eigenvalue weighted by Gasteiger charge is -2.13. The summed E-state index contributed by atoms with van der Waals surface area (Å²) in [6, 6.07) is 9.93. The van der Waals surface area contributed by atoms with Crippen molar-refractivity contribution in [3.8, 4) is 17.0 Å². The summed E-state index contributed by atoms with van der Waals surface area (Å²) >= 11 is 0. The number of esters is 1. The van der Waals surface area contributed by atoms with Crippen LogP contribution in [0.3, 0.4) is 0 Å². The number of amides is 2. The highest BCUT2D eigenvalue weighted by molar-refractivity contribution is 5.97. The zero-order chi connectivity index (χ0) is 19.8. The Hall–Kier alpha value is -3.42. The third-order valence-electron chi connectivity index (χ3n) is 3.77. The number of methoxy groups -OCH3 is 2. The second-order valence-corrected chi connectivity index (χ2v) is 5.65. The van der Waals surface area contributed by atoms with Gasteiger partial charge in [-0.25, -0.2) is 0 Å². The van der Waals surface area contributed by atoms with Gasteiger partial charge in [-0.3, -0.25) is 19.4 Å². The lowest BCUT2D eigenvalue weighted by molar-refractivity contribution is -0.141. The van der Waals surface area contributed by atoms with Gasteiger partial charge in [-0.1, -0.05) is 12.1 Å². The Morgan fingerprint density at radius 1 is 1.15 bits per heavy atom. The topological polar surface area (TPSA) is 107 Å². The van der Waals surface area contributed by atoms with Gasteiger partial charge in [-0.15, -0.1) is 0 Å². The first-order valence-corrected chi connectivity index (χ1v) is 8.20. The van der Waals surface area contributed by atoms with Crippen LogP contribution in [0.15, 0.2) is 42.6 Å². The summed E-state index contributed by atoms with van der Waals surface area (Å²) in [7, 11) is 2.81. The number of pyridine rings is 1. The van der Waals surface area contributed by atoms with Crippen molar-refractivity contribution in [2.24, 2.45) is 0 Å². The number of ether oxygens (including phenoxy) is 2. The quantitative estimate of drug-likeness (QED) is 0.708. The Kier molecular flexibility index (Phi) is 6.87. The molecule has 1 aromatic carbocycles. The minimum atomic E-state index is -0.819. The van der Waals surface area contributed by atoms with Gasteiger partial charge in [0.1, 0.15) is 18.3 Å². The van der Waals surface area contributed by atoms with E-state index in [-0.39, 0.29) is 6.54 Å². The second-order valence-electron chi connectivity index (χ2n) is 5.65. The number of nitrogens with zero attached hydrogens (tertiary/aromatic N) is 1. The number of benzene rings is 1. The molecule has 2 N–H and O–H groups in total. The van der Waals surface area contributed by atoms with Crippen LogP contribution in [0.4, 0.5) is 0 Å². The number of aromatic nitrogens is 1. The monoisotopic (exact) mass is 371 g/mol. The minimum absolute atomic E-state index is 0.258. The van der Waals surface area contributed by atoms with E-state index in [0.29, 0.717) is 17.0 Å². The lowest BCUT2D eigenvalue weighted by atomic mass is 10.1. The van der Waals surface area contributed by atoms with Crippen molar-refractivity contribution < 1.29 is 23.9 Å². The molecule has 27 heavy (non-hydrogen) atoms. The summed E-state index contributed by atoms with van der Waals surface area (Å²) in [5, 5.41) is 4.93. The Morgan fingerprint density at radius 3 is 2.56 bits per heavy atom. The Morgan fingerprint density at radius 2 is 1.93 bits per heavy atom. The molecule has 2 rings (SSSR count). The van der Waals surface area contributed by atoms with Crippen LogP contribution in [-0.2, 0) is 14.3 Å². The summed E-state index contributed by atoms with van der Waals surface area (Å²) in [5.41, 5.74) is 1.86. The van der Waals surface area contributed by atoms with Gasteiger partial charge in [0.25, 0.3) is 5.91 Å². The molecule has 1 atom stereocenters. The Balaban J connectivity index is 1.98. The van der Waals surface area contributed by atoms with Gasteiger partial charge in [0.05, 0.1) is 25.5 Å². The Labute approximate surface area is 156 Å². The molecule has 0 fully saturated rings. The molecule has 0 bridgehead atoms. The highest BCUT2D eigenvalue weighted by atomic mass is 16.5. The van der Waals surface area contributed by atoms with Crippen LogP contribution in [0.25, 0.3) is 11.3 Å². The number of hydrogen-bond donors (Lipinski definition) is 2. The number of rotatable bonds is 7. The van der Waals surface area contributed by atoms with E-state index >= 15 is 0 Å². The van der Waals surface area contributed by atoms with Crippen molar-refractivity contribution in [1.29, 1.82) is 0 Å². The summed E-state index contributed by atoms with van der Waals surface area (Å²) < 4.78 is 9.62. The van der Waals surface area contributed by atoms with Crippen LogP contribution < -0.4 is 15.4 Å². The highest BCUT2D eigenvalue weighted by Crippen LogP contribution is 2.22. The SMILES string of the molecule is COC(=O)CNC(=O)[C@H](C)NC(=O)c1ccc(-c2cccc(OC)c2)nc1. The molecule has 8 nitrogen and oxygen atoms in total. The number of carbonyl (C=O) groups excluding carboxylic acids is 3. The van der Waals surface area contributed by atoms with Gasteiger partial charge in [0.15, 0.2) is 0 Å². The molecule has 1 aromatic heterocycles. The van der Waals surface area contributed by atoms with E-state index in [1.807, 2.05) is 24.3 Å². The predicted molar refractivity (Wildman–Crippen MR) is 98.2 cm³/mol. The predicted octanol–water partition coefficient (Wildman–Crippen LogP) is 1.16. The molecule has 2 amide bonds. The first-order valence-electron chi connectivity index (χ1n) is 8.20. The first-order chi connectivity index (χ1) is 12.9. The molecular formula is C19H21N3O5. The van der Waals surface area contributed by atoms with Crippen molar-refractivity contribution in [2.75, 3.05) is 20.8 Å². The molecule has 142 valence electrons. The van der Waals surface area contributed by atoms with E-state index in [1.165, 1.54) is 20.2 Å². The fraction of sp³-hybridized carbons (Fsp3) is 0.263. The highest BCUT2D eigenvalue weighted by Gasteiger charge is 2.17. The van der Waals surface area contributed by atoms with Crippen molar-refractivity contribution in [2.45, 2.75) is 13.0 Å². The molecule has 0 aliphatic rings. The van der Waals surface area contributed by atoms with Crippen LogP contribution >= 0.6 is 0 Å². The van der Waals surface area contributed by atoms with E-state index in [4.69, 9.17) is 4.74 Å². The number of hydrogen-bond acceptors (Lipinski definition) is 6. The normalized spacial score (nSPS) is 11.2. The fourth-order valence-corrected chi connectivity index (χ4v) is 2.21. The molecule has 2 aromatic rings. The molecule has 0 saturated heterocycles. The standard InChI is InChI=1S/C19H21N3O5/c1-12(18(24)21-11-17(23)27-3)22-19(25)14-7-8-16(20-10-14)13-5-4-6-15(9-13)26-2/h4-10,12H,11H2,1-3H3,(H,21,24)(H,22,25)/t12-/m0/s1. The zero-order valence-electron chi connectivity index (χ0n) is 15.3. The average molecular weight is 371 g/mol. The van der Waals surface area contributed by atoms with Crippen molar-refractivity contribution in [1.82, 2.24) is 15.6 Å². The number of nitrogens with one attached hydrogen (secondary N) is 2. The van der Waals surface area contributed by atoms with Crippen LogP contribution in [0, 0.1) is 0 Å². The van der Waals surface area contributed by atoms with Crippen LogP contribution in [-0.4, -0.2) is 49.6 Å². The van der Waals surface area contributed by atoms with E-state index in [9.17, 15) is 14.4 Å². The van der Waals surface area contributed by atoms with Crippen LogP contribution in [0.2, 0.25) is 0 Å². The lowest BCUT2D eigenvalue weighted by Crippen LogP contribution is -2.46. The van der Waals surface area contributed by atoms with Crippen molar-refractivity contribution in [3.63, 3.8) is 0 Å². The van der Waals surface area contributed by atoms with Crippen molar-refractivity contribution in [3.05, 3.63) is 48.2 Å². The molecule has 0 radical (unpaired) electrons. The molecule has 0 unspecified atom stereocenters. The minimum Gasteiger partial charge on any atom is -0.497 e. The molecule has 1 heterocycles. The maximum absolute atomic E-state index is 12.3. The van der Waals surface area contributed by atoms with Gasteiger partial charge in [0.2, 0.25) is 5.91 Å². The summed E-state index contributed by atoms with van der Waals surface area (Å²) in [4.78, 5) is 39.4. The summed E-state index contributed by atoms with van der Waals surface area (Å²) in [6.45, 7) is 1.26. The zero-order valence-corrected chi connectivity index (χ0v) is 15.3. The maximum Gasteiger partial charge on any atom is 0.325 e. The summed E-state index contributed by atoms with van der Waals surface area (Å²) in [5.74, 6) is -0.794. The molecule has 8 heteroatoms. The van der Waals surface area contributed by atoms with E-state index < -0.39 is 23.8 Å². The van der Waals surface area contributed by atoms with Gasteiger partial charge in [-0.05, 0) is 31.2 Å². The van der Waals surface area contributed by atoms with Gasteiger partial charge in [-0.2, -0.15) is 0 Å². The second kappa shape index (κ2) is 9.33. The smallest absolute Gasteiger partial charge is 0.325 e. The van der Waals surface area contributed by atoms with Gasteiger partial charge >= 0.3 is 5.97 Å². The first kappa shape index (κ1) is 19.9. The Bertz CT molecular complexity index is 820. The van der Waals surface area contributed by atoms with Gasteiger partial charge in [0, 0.05) is 11.8 Å². The van der Waals surface area contributed by atoms with Gasteiger partial charge < -0.3 is 20.1 Å². The third-order valence-corrected chi connectivity index (χ3v) is 3.77. The summed E-state index contributed by atoms with van der Waals surface area (Å²) in [6.07, 6.45) is 1.43. The van der Waals surface area contributed by atoms with Crippen LogP contribution in [0.1, 0.15) is 17.3 Å². The largest absolute Gasteiger partial charge is 0.497 e. The maximum atomic E-state index is 12.3. The van der Waals surface area contributed by atoms with Crippen molar-refractivity contribution >= 4 is 17.8 Å². The molecule has 0 spiro atoms.